The Morgan fingerprint density at radius 2 is 1.54 bits per heavy atom. The minimum Gasteiger partial charge on any atom is -0.497 e. The first-order chi connectivity index (χ1) is 12.7. The average Bonchev–Trinajstić information content (AvgIpc) is 2.69. The lowest BCUT2D eigenvalue weighted by molar-refractivity contribution is -0.119. The fourth-order valence-electron chi connectivity index (χ4n) is 2.21. The lowest BCUT2D eigenvalue weighted by Gasteiger charge is -2.13. The van der Waals surface area contributed by atoms with Crippen LogP contribution < -0.4 is 29.6 Å². The Kier molecular flexibility index (Phi) is 7.42. The number of hydrogen-bond acceptors (Lipinski definition) is 6. The number of amides is 1. The van der Waals surface area contributed by atoms with Gasteiger partial charge in [-0.05, 0) is 36.4 Å². The highest BCUT2D eigenvalue weighted by atomic mass is 16.5. The summed E-state index contributed by atoms with van der Waals surface area (Å²) in [6.45, 7) is 0.918. The highest BCUT2D eigenvalue weighted by Gasteiger charge is 2.07. The van der Waals surface area contributed by atoms with E-state index in [0.717, 1.165) is 17.2 Å². The quantitative estimate of drug-likeness (QED) is 0.633. The zero-order chi connectivity index (χ0) is 18.8. The molecule has 0 radical (unpaired) electrons. The average molecular weight is 360 g/mol. The number of rotatable bonds is 10. The molecule has 0 heterocycles. The van der Waals surface area contributed by atoms with E-state index in [1.807, 2.05) is 24.3 Å². The number of carbonyl (C=O) groups excluding carboxylic acids is 1. The smallest absolute Gasteiger partial charge is 0.239 e. The minimum atomic E-state index is -0.138. The molecule has 2 rings (SSSR count). The summed E-state index contributed by atoms with van der Waals surface area (Å²) >= 11 is 0. The van der Waals surface area contributed by atoms with Crippen molar-refractivity contribution in [3.63, 3.8) is 0 Å². The van der Waals surface area contributed by atoms with Crippen LogP contribution in [0.3, 0.4) is 0 Å². The topological polar surface area (TPSA) is 78.1 Å². The predicted octanol–water partition coefficient (Wildman–Crippen LogP) is 2.32. The summed E-state index contributed by atoms with van der Waals surface area (Å²) in [6, 6.07) is 12.6. The van der Waals surface area contributed by atoms with E-state index < -0.39 is 0 Å². The molecule has 0 spiro atoms. The third-order valence-corrected chi connectivity index (χ3v) is 3.60. The fraction of sp³-hybridized carbons (Fsp3) is 0.316. The molecular formula is C19H24N2O5. The fourth-order valence-corrected chi connectivity index (χ4v) is 2.21. The van der Waals surface area contributed by atoms with Crippen LogP contribution >= 0.6 is 0 Å². The number of methoxy groups -OCH3 is 3. The largest absolute Gasteiger partial charge is 0.497 e. The van der Waals surface area contributed by atoms with Crippen LogP contribution in [-0.2, 0) is 4.79 Å². The lowest BCUT2D eigenvalue weighted by atomic mass is 10.2. The second kappa shape index (κ2) is 10.0. The zero-order valence-electron chi connectivity index (χ0n) is 15.2. The van der Waals surface area contributed by atoms with Crippen molar-refractivity contribution in [3.05, 3.63) is 42.5 Å². The van der Waals surface area contributed by atoms with Crippen LogP contribution in [0.4, 0.5) is 5.69 Å². The molecule has 0 aliphatic rings. The van der Waals surface area contributed by atoms with E-state index in [9.17, 15) is 4.79 Å². The van der Waals surface area contributed by atoms with Gasteiger partial charge in [-0.1, -0.05) is 0 Å². The molecule has 0 unspecified atom stereocenters. The summed E-state index contributed by atoms with van der Waals surface area (Å²) < 4.78 is 21.1. The van der Waals surface area contributed by atoms with Crippen LogP contribution in [0.5, 0.6) is 23.0 Å². The van der Waals surface area contributed by atoms with Crippen molar-refractivity contribution in [2.24, 2.45) is 0 Å². The number of ether oxygens (including phenoxy) is 4. The van der Waals surface area contributed by atoms with Crippen LogP contribution in [0, 0.1) is 0 Å². The summed E-state index contributed by atoms with van der Waals surface area (Å²) in [5.41, 5.74) is 0.720. The highest BCUT2D eigenvalue weighted by Crippen LogP contribution is 2.28. The molecule has 7 nitrogen and oxygen atoms in total. The molecule has 0 saturated heterocycles. The molecule has 0 saturated carbocycles. The van der Waals surface area contributed by atoms with Crippen molar-refractivity contribution in [1.82, 2.24) is 5.32 Å². The van der Waals surface area contributed by atoms with Crippen LogP contribution in [-0.4, -0.2) is 46.9 Å². The SMILES string of the molecule is COc1ccc(OCCNC(=O)CNc2ccc(OC)cc2OC)cc1. The van der Waals surface area contributed by atoms with Crippen LogP contribution in [0.15, 0.2) is 42.5 Å². The van der Waals surface area contributed by atoms with E-state index >= 15 is 0 Å². The second-order valence-corrected chi connectivity index (χ2v) is 5.29. The minimum absolute atomic E-state index is 0.130. The summed E-state index contributed by atoms with van der Waals surface area (Å²) in [5, 5.41) is 5.83. The van der Waals surface area contributed by atoms with Gasteiger partial charge in [0.2, 0.25) is 5.91 Å². The summed E-state index contributed by atoms with van der Waals surface area (Å²) in [4.78, 5) is 11.9. The van der Waals surface area contributed by atoms with Crippen molar-refractivity contribution < 1.29 is 23.7 Å². The molecule has 26 heavy (non-hydrogen) atoms. The maximum Gasteiger partial charge on any atom is 0.239 e. The van der Waals surface area contributed by atoms with Gasteiger partial charge < -0.3 is 29.6 Å². The summed E-state index contributed by atoms with van der Waals surface area (Å²) in [6.07, 6.45) is 0. The molecule has 2 aromatic carbocycles. The molecular weight excluding hydrogens is 336 g/mol. The maximum atomic E-state index is 11.9. The molecule has 2 aromatic rings. The van der Waals surface area contributed by atoms with E-state index in [-0.39, 0.29) is 12.5 Å². The van der Waals surface area contributed by atoms with Crippen molar-refractivity contribution in [2.75, 3.05) is 46.3 Å². The number of carbonyl (C=O) groups is 1. The summed E-state index contributed by atoms with van der Waals surface area (Å²) in [7, 11) is 4.76. The Balaban J connectivity index is 1.70. The molecule has 0 atom stereocenters. The van der Waals surface area contributed by atoms with Gasteiger partial charge in [-0.15, -0.1) is 0 Å². The zero-order valence-corrected chi connectivity index (χ0v) is 15.2. The first-order valence-electron chi connectivity index (χ1n) is 8.15. The molecule has 0 fully saturated rings. The number of nitrogens with one attached hydrogen (secondary N) is 2. The molecule has 0 bridgehead atoms. The van der Waals surface area contributed by atoms with Crippen LogP contribution in [0.2, 0.25) is 0 Å². The van der Waals surface area contributed by atoms with Gasteiger partial charge in [0, 0.05) is 6.07 Å². The Labute approximate surface area is 153 Å². The van der Waals surface area contributed by atoms with Crippen molar-refractivity contribution in [1.29, 1.82) is 0 Å². The standard InChI is InChI=1S/C19H24N2O5/c1-23-14-4-6-15(7-5-14)26-11-10-20-19(22)13-21-17-9-8-16(24-2)12-18(17)25-3/h4-9,12,21H,10-11,13H2,1-3H3,(H,20,22). The van der Waals surface area contributed by atoms with Crippen molar-refractivity contribution in [3.8, 4) is 23.0 Å². The van der Waals surface area contributed by atoms with E-state index in [1.165, 1.54) is 0 Å². The first kappa shape index (κ1) is 19.2. The van der Waals surface area contributed by atoms with Crippen molar-refractivity contribution >= 4 is 11.6 Å². The van der Waals surface area contributed by atoms with Gasteiger partial charge in [-0.2, -0.15) is 0 Å². The molecule has 1 amide bonds. The van der Waals surface area contributed by atoms with E-state index in [2.05, 4.69) is 10.6 Å². The second-order valence-electron chi connectivity index (χ2n) is 5.29. The van der Waals surface area contributed by atoms with Gasteiger partial charge in [0.05, 0.1) is 40.1 Å². The van der Waals surface area contributed by atoms with E-state index in [0.29, 0.717) is 24.7 Å². The molecule has 2 N–H and O–H groups in total. The molecule has 7 heteroatoms. The normalized spacial score (nSPS) is 9.96. The summed E-state index contributed by atoms with van der Waals surface area (Å²) in [5.74, 6) is 2.65. The van der Waals surface area contributed by atoms with Gasteiger partial charge in [0.25, 0.3) is 0 Å². The lowest BCUT2D eigenvalue weighted by Crippen LogP contribution is -2.33. The predicted molar refractivity (Wildman–Crippen MR) is 99.5 cm³/mol. The molecule has 0 aliphatic heterocycles. The monoisotopic (exact) mass is 360 g/mol. The van der Waals surface area contributed by atoms with Gasteiger partial charge in [0.1, 0.15) is 29.6 Å². The van der Waals surface area contributed by atoms with E-state index in [4.69, 9.17) is 18.9 Å². The van der Waals surface area contributed by atoms with Crippen LogP contribution in [0.1, 0.15) is 0 Å². The Hall–Kier alpha value is -3.09. The molecule has 0 aliphatic carbocycles. The Morgan fingerprint density at radius 3 is 2.19 bits per heavy atom. The third-order valence-electron chi connectivity index (χ3n) is 3.60. The van der Waals surface area contributed by atoms with Gasteiger partial charge in [-0.3, -0.25) is 4.79 Å². The highest BCUT2D eigenvalue weighted by molar-refractivity contribution is 5.81. The number of benzene rings is 2. The van der Waals surface area contributed by atoms with Gasteiger partial charge >= 0.3 is 0 Å². The van der Waals surface area contributed by atoms with Gasteiger partial charge in [-0.25, -0.2) is 0 Å². The Bertz CT molecular complexity index is 704. The molecule has 140 valence electrons. The third kappa shape index (κ3) is 5.77. The number of anilines is 1. The first-order valence-corrected chi connectivity index (χ1v) is 8.15. The van der Waals surface area contributed by atoms with Crippen LogP contribution in [0.25, 0.3) is 0 Å². The van der Waals surface area contributed by atoms with Crippen molar-refractivity contribution in [2.45, 2.75) is 0 Å². The Morgan fingerprint density at radius 1 is 0.885 bits per heavy atom. The maximum absolute atomic E-state index is 11.9. The van der Waals surface area contributed by atoms with E-state index in [1.54, 1.807) is 39.5 Å². The van der Waals surface area contributed by atoms with Gasteiger partial charge in [0.15, 0.2) is 0 Å². The molecule has 0 aromatic heterocycles. The number of hydrogen-bond donors (Lipinski definition) is 2.